The number of rotatable bonds is 62. The summed E-state index contributed by atoms with van der Waals surface area (Å²) >= 11 is 0. The van der Waals surface area contributed by atoms with E-state index in [1.807, 2.05) is 6.08 Å². The molecule has 0 rings (SSSR count). The van der Waals surface area contributed by atoms with Crippen LogP contribution in [0.25, 0.3) is 0 Å². The third kappa shape index (κ3) is 57.9. The fraction of sp³-hybridized carbons (Fsp3) is 0.939. The van der Waals surface area contributed by atoms with Gasteiger partial charge in [-0.1, -0.05) is 341 Å². The number of nitrogens with one attached hydrogen (secondary N) is 1. The number of allylic oxidation sites excluding steroid dienone is 1. The number of aliphatic hydroxyl groups excluding tert-OH is 2. The molecular formula is C66H129NO5. The number of ether oxygens (including phenoxy) is 1. The fourth-order valence-electron chi connectivity index (χ4n) is 10.5. The number of unbranched alkanes of at least 4 members (excludes halogenated alkanes) is 51. The van der Waals surface area contributed by atoms with Crippen molar-refractivity contribution < 1.29 is 24.5 Å². The third-order valence-corrected chi connectivity index (χ3v) is 15.6. The Bertz CT molecular complexity index is 1080. The van der Waals surface area contributed by atoms with Crippen molar-refractivity contribution in [2.75, 3.05) is 13.2 Å². The predicted octanol–water partition coefficient (Wildman–Crippen LogP) is 20.8. The highest BCUT2D eigenvalue weighted by Crippen LogP contribution is 2.19. The monoisotopic (exact) mass is 1020 g/mol. The molecule has 0 fully saturated rings. The van der Waals surface area contributed by atoms with Crippen molar-refractivity contribution in [3.8, 4) is 0 Å². The number of hydrogen-bond donors (Lipinski definition) is 3. The Kier molecular flexibility index (Phi) is 60.9. The standard InChI is InChI=1S/C66H129NO5/c1-3-5-7-9-11-13-15-16-35-39-42-46-50-54-58-64(69)63(62-68)67-65(70)59-55-51-47-43-40-36-33-31-29-27-25-23-21-19-17-18-20-22-24-26-28-30-32-34-37-41-45-49-53-57-61-72-66(71)60-56-52-48-44-38-14-12-10-8-6-4-2/h54,58,63-64,68-69H,3-53,55-57,59-62H2,1-2H3,(H,67,70)/b58-54+. The van der Waals surface area contributed by atoms with E-state index < -0.39 is 12.1 Å². The van der Waals surface area contributed by atoms with Crippen molar-refractivity contribution >= 4 is 11.9 Å². The van der Waals surface area contributed by atoms with Crippen molar-refractivity contribution in [2.24, 2.45) is 0 Å². The second kappa shape index (κ2) is 62.1. The SMILES string of the molecule is CCCCCCCCCCCCCC/C=C/C(O)C(CO)NC(=O)CCCCCCCCCCCCCCCCCCCCCCCCCCCCCCCCOC(=O)CCCCCCCCCCCCC. The molecule has 0 saturated heterocycles. The van der Waals surface area contributed by atoms with Gasteiger partial charge in [0.25, 0.3) is 0 Å². The minimum atomic E-state index is -0.840. The minimum Gasteiger partial charge on any atom is -0.466 e. The molecule has 0 aromatic heterocycles. The summed E-state index contributed by atoms with van der Waals surface area (Å²) in [7, 11) is 0. The van der Waals surface area contributed by atoms with Crippen molar-refractivity contribution in [1.82, 2.24) is 5.32 Å². The first-order valence-corrected chi connectivity index (χ1v) is 33.0. The van der Waals surface area contributed by atoms with Crippen LogP contribution >= 0.6 is 0 Å². The normalized spacial score (nSPS) is 12.6. The highest BCUT2D eigenvalue weighted by atomic mass is 16.5. The zero-order valence-corrected chi connectivity index (χ0v) is 48.9. The van der Waals surface area contributed by atoms with E-state index in [1.54, 1.807) is 6.08 Å². The molecule has 0 saturated carbocycles. The lowest BCUT2D eigenvalue weighted by atomic mass is 10.0. The Labute approximate surface area is 450 Å². The van der Waals surface area contributed by atoms with Crippen molar-refractivity contribution in [2.45, 2.75) is 386 Å². The number of aliphatic hydroxyl groups is 2. The van der Waals surface area contributed by atoms with Crippen molar-refractivity contribution in [3.63, 3.8) is 0 Å². The summed E-state index contributed by atoms with van der Waals surface area (Å²) < 4.78 is 5.47. The summed E-state index contributed by atoms with van der Waals surface area (Å²) in [6, 6.07) is -0.623. The molecule has 6 nitrogen and oxygen atoms in total. The Morgan fingerprint density at radius 2 is 0.639 bits per heavy atom. The van der Waals surface area contributed by atoms with Crippen LogP contribution in [0.1, 0.15) is 373 Å². The molecule has 1 amide bonds. The average Bonchev–Trinajstić information content (AvgIpc) is 3.38. The van der Waals surface area contributed by atoms with Gasteiger partial charge in [-0.25, -0.2) is 0 Å². The van der Waals surface area contributed by atoms with Gasteiger partial charge >= 0.3 is 5.97 Å². The highest BCUT2D eigenvalue weighted by molar-refractivity contribution is 5.76. The zero-order chi connectivity index (χ0) is 52.2. The largest absolute Gasteiger partial charge is 0.466 e. The van der Waals surface area contributed by atoms with Crippen LogP contribution in [0.5, 0.6) is 0 Å². The van der Waals surface area contributed by atoms with Gasteiger partial charge in [-0.05, 0) is 32.1 Å². The van der Waals surface area contributed by atoms with Gasteiger partial charge < -0.3 is 20.3 Å². The van der Waals surface area contributed by atoms with Crippen LogP contribution in [0.15, 0.2) is 12.2 Å². The molecule has 0 aliphatic heterocycles. The van der Waals surface area contributed by atoms with E-state index in [0.717, 1.165) is 38.5 Å². The summed E-state index contributed by atoms with van der Waals surface area (Å²) in [5.41, 5.74) is 0. The Morgan fingerprint density at radius 3 is 0.944 bits per heavy atom. The summed E-state index contributed by atoms with van der Waals surface area (Å²) in [5, 5.41) is 23.1. The van der Waals surface area contributed by atoms with E-state index in [2.05, 4.69) is 19.2 Å². The first kappa shape index (κ1) is 70.6. The van der Waals surface area contributed by atoms with E-state index in [4.69, 9.17) is 4.74 Å². The van der Waals surface area contributed by atoms with Crippen LogP contribution in [0.2, 0.25) is 0 Å². The summed E-state index contributed by atoms with van der Waals surface area (Å²) in [4.78, 5) is 24.5. The Morgan fingerprint density at radius 1 is 0.375 bits per heavy atom. The van der Waals surface area contributed by atoms with Gasteiger partial charge in [-0.15, -0.1) is 0 Å². The molecule has 72 heavy (non-hydrogen) atoms. The first-order chi connectivity index (χ1) is 35.5. The second-order valence-electron chi connectivity index (χ2n) is 22.8. The smallest absolute Gasteiger partial charge is 0.305 e. The van der Waals surface area contributed by atoms with Gasteiger partial charge in [0, 0.05) is 12.8 Å². The van der Waals surface area contributed by atoms with Gasteiger partial charge in [0.05, 0.1) is 25.4 Å². The third-order valence-electron chi connectivity index (χ3n) is 15.6. The summed E-state index contributed by atoms with van der Waals surface area (Å²) in [5.74, 6) is -0.0419. The molecule has 0 aliphatic rings. The molecule has 0 radical (unpaired) electrons. The van der Waals surface area contributed by atoms with Gasteiger partial charge in [0.2, 0.25) is 5.91 Å². The van der Waals surface area contributed by atoms with Crippen LogP contribution in [-0.2, 0) is 14.3 Å². The maximum absolute atomic E-state index is 12.5. The predicted molar refractivity (Wildman–Crippen MR) is 315 cm³/mol. The van der Waals surface area contributed by atoms with E-state index in [1.165, 1.54) is 308 Å². The number of carbonyl (C=O) groups excluding carboxylic acids is 2. The molecule has 428 valence electrons. The van der Waals surface area contributed by atoms with Crippen molar-refractivity contribution in [1.29, 1.82) is 0 Å². The van der Waals surface area contributed by atoms with Crippen LogP contribution in [0.3, 0.4) is 0 Å². The molecule has 6 heteroatoms. The second-order valence-corrected chi connectivity index (χ2v) is 22.8. The fourth-order valence-corrected chi connectivity index (χ4v) is 10.5. The molecule has 2 unspecified atom stereocenters. The molecule has 3 N–H and O–H groups in total. The number of carbonyl (C=O) groups is 2. The summed E-state index contributed by atoms with van der Waals surface area (Å²) in [6.07, 6.45) is 75.7. The average molecular weight is 1020 g/mol. The Hall–Kier alpha value is -1.40. The molecule has 0 bridgehead atoms. The molecule has 0 aromatic carbocycles. The number of hydrogen-bond acceptors (Lipinski definition) is 5. The van der Waals surface area contributed by atoms with Crippen LogP contribution in [0.4, 0.5) is 0 Å². The molecule has 2 atom stereocenters. The zero-order valence-electron chi connectivity index (χ0n) is 48.9. The molecule has 0 aromatic rings. The first-order valence-electron chi connectivity index (χ1n) is 33.0. The highest BCUT2D eigenvalue weighted by Gasteiger charge is 2.18. The maximum Gasteiger partial charge on any atom is 0.305 e. The van der Waals surface area contributed by atoms with E-state index in [9.17, 15) is 19.8 Å². The molecule has 0 heterocycles. The summed E-state index contributed by atoms with van der Waals surface area (Å²) in [6.45, 7) is 4.93. The minimum absolute atomic E-state index is 0.0200. The van der Waals surface area contributed by atoms with Crippen molar-refractivity contribution in [3.05, 3.63) is 12.2 Å². The van der Waals surface area contributed by atoms with E-state index in [-0.39, 0.29) is 18.5 Å². The lowest BCUT2D eigenvalue weighted by Gasteiger charge is -2.20. The van der Waals surface area contributed by atoms with Crippen LogP contribution in [-0.4, -0.2) is 47.4 Å². The Balaban J connectivity index is 3.33. The number of amides is 1. The topological polar surface area (TPSA) is 95.9 Å². The van der Waals surface area contributed by atoms with Crippen LogP contribution < -0.4 is 5.32 Å². The van der Waals surface area contributed by atoms with Crippen LogP contribution in [0, 0.1) is 0 Å². The maximum atomic E-state index is 12.5. The van der Waals surface area contributed by atoms with Gasteiger partial charge in [-0.3, -0.25) is 9.59 Å². The van der Waals surface area contributed by atoms with E-state index in [0.29, 0.717) is 19.4 Å². The van der Waals surface area contributed by atoms with E-state index >= 15 is 0 Å². The lowest BCUT2D eigenvalue weighted by Crippen LogP contribution is -2.45. The molecule has 0 aliphatic carbocycles. The van der Waals surface area contributed by atoms with Gasteiger partial charge in [0.15, 0.2) is 0 Å². The molecular weight excluding hydrogens is 887 g/mol. The molecule has 0 spiro atoms. The van der Waals surface area contributed by atoms with Gasteiger partial charge in [-0.2, -0.15) is 0 Å². The lowest BCUT2D eigenvalue weighted by molar-refractivity contribution is -0.143. The van der Waals surface area contributed by atoms with Gasteiger partial charge in [0.1, 0.15) is 0 Å². The number of esters is 1. The quantitative estimate of drug-likeness (QED) is 0.0320.